The van der Waals surface area contributed by atoms with Gasteiger partial charge in [-0.05, 0) is 38.1 Å². The number of hydrogen-bond acceptors (Lipinski definition) is 4. The third-order valence-corrected chi connectivity index (χ3v) is 2.99. The van der Waals surface area contributed by atoms with Gasteiger partial charge in [-0.3, -0.25) is 4.98 Å². The molecule has 0 saturated carbocycles. The summed E-state index contributed by atoms with van der Waals surface area (Å²) >= 11 is 0. The molecule has 0 radical (unpaired) electrons. The van der Waals surface area contributed by atoms with Crippen LogP contribution < -0.4 is 0 Å². The first-order valence-corrected chi connectivity index (χ1v) is 6.05. The van der Waals surface area contributed by atoms with Gasteiger partial charge in [-0.25, -0.2) is 4.68 Å². The average Bonchev–Trinajstić information content (AvgIpc) is 2.87. The van der Waals surface area contributed by atoms with E-state index in [9.17, 15) is 5.11 Å². The zero-order valence-corrected chi connectivity index (χ0v) is 10.8. The molecule has 1 aromatic carbocycles. The zero-order valence-electron chi connectivity index (χ0n) is 10.8. The molecule has 19 heavy (non-hydrogen) atoms. The van der Waals surface area contributed by atoms with Crippen molar-refractivity contribution >= 4 is 10.9 Å². The first-order valence-electron chi connectivity index (χ1n) is 6.05. The minimum atomic E-state index is -0.999. The summed E-state index contributed by atoms with van der Waals surface area (Å²) in [6.45, 7) is 3.37. The largest absolute Gasteiger partial charge is 0.384 e. The molecule has 2 heterocycles. The van der Waals surface area contributed by atoms with E-state index in [0.717, 1.165) is 16.6 Å². The number of nitrogens with zero attached hydrogens (tertiary/aromatic N) is 4. The lowest BCUT2D eigenvalue weighted by molar-refractivity contribution is 0.0737. The standard InChI is InChI=1S/C14H14N4O/c1-14(2,19)13-9-18(17-16-13)12-7-3-6-11-10(12)5-4-8-15-11/h3-9,19H,1-2H3. The van der Waals surface area contributed by atoms with Crippen LogP contribution in [0.15, 0.2) is 42.7 Å². The minimum Gasteiger partial charge on any atom is -0.384 e. The fourth-order valence-electron chi connectivity index (χ4n) is 1.95. The minimum absolute atomic E-state index is 0.536. The molecule has 1 N–H and O–H groups in total. The molecule has 0 saturated heterocycles. The van der Waals surface area contributed by atoms with E-state index in [0.29, 0.717) is 5.69 Å². The molecule has 3 aromatic rings. The van der Waals surface area contributed by atoms with E-state index in [1.165, 1.54) is 0 Å². The maximum atomic E-state index is 9.93. The maximum absolute atomic E-state index is 9.93. The van der Waals surface area contributed by atoms with Crippen LogP contribution in [-0.2, 0) is 5.60 Å². The van der Waals surface area contributed by atoms with Crippen LogP contribution in [-0.4, -0.2) is 25.1 Å². The Balaban J connectivity index is 2.17. The van der Waals surface area contributed by atoms with E-state index in [2.05, 4.69) is 15.3 Å². The predicted molar refractivity (Wildman–Crippen MR) is 71.9 cm³/mol. The molecule has 3 rings (SSSR count). The lowest BCUT2D eigenvalue weighted by Gasteiger charge is -2.11. The third kappa shape index (κ3) is 2.08. The van der Waals surface area contributed by atoms with Crippen LogP contribution >= 0.6 is 0 Å². The van der Waals surface area contributed by atoms with Gasteiger partial charge in [0.25, 0.3) is 0 Å². The molecular formula is C14H14N4O. The lowest BCUT2D eigenvalue weighted by Crippen LogP contribution is -2.15. The van der Waals surface area contributed by atoms with Crippen LogP contribution in [0.1, 0.15) is 19.5 Å². The first kappa shape index (κ1) is 11.8. The van der Waals surface area contributed by atoms with Gasteiger partial charge in [-0.15, -0.1) is 5.10 Å². The highest BCUT2D eigenvalue weighted by Crippen LogP contribution is 2.22. The van der Waals surface area contributed by atoms with Gasteiger partial charge in [0.05, 0.1) is 17.4 Å². The highest BCUT2D eigenvalue weighted by molar-refractivity contribution is 5.86. The van der Waals surface area contributed by atoms with Gasteiger partial charge < -0.3 is 5.11 Å². The van der Waals surface area contributed by atoms with E-state index in [1.54, 1.807) is 30.9 Å². The number of aliphatic hydroxyl groups is 1. The number of aromatic nitrogens is 4. The van der Waals surface area contributed by atoms with Gasteiger partial charge in [-0.2, -0.15) is 0 Å². The van der Waals surface area contributed by atoms with Crippen molar-refractivity contribution < 1.29 is 5.11 Å². The molecular weight excluding hydrogens is 240 g/mol. The fraction of sp³-hybridized carbons (Fsp3) is 0.214. The highest BCUT2D eigenvalue weighted by Gasteiger charge is 2.20. The summed E-state index contributed by atoms with van der Waals surface area (Å²) in [7, 11) is 0. The van der Waals surface area contributed by atoms with Crippen molar-refractivity contribution in [2.45, 2.75) is 19.4 Å². The van der Waals surface area contributed by atoms with Crippen LogP contribution in [0.4, 0.5) is 0 Å². The number of benzene rings is 1. The van der Waals surface area contributed by atoms with Gasteiger partial charge in [-0.1, -0.05) is 11.3 Å². The van der Waals surface area contributed by atoms with E-state index in [1.807, 2.05) is 30.3 Å². The van der Waals surface area contributed by atoms with Crippen molar-refractivity contribution in [1.82, 2.24) is 20.0 Å². The Morgan fingerprint density at radius 2 is 2.00 bits per heavy atom. The zero-order chi connectivity index (χ0) is 13.5. The molecule has 5 nitrogen and oxygen atoms in total. The van der Waals surface area contributed by atoms with E-state index >= 15 is 0 Å². The van der Waals surface area contributed by atoms with Crippen LogP contribution in [0.25, 0.3) is 16.6 Å². The SMILES string of the molecule is CC(C)(O)c1cn(-c2cccc3ncccc23)nn1. The number of fused-ring (bicyclic) bond motifs is 1. The second kappa shape index (κ2) is 4.13. The number of rotatable bonds is 2. The molecule has 2 aromatic heterocycles. The van der Waals surface area contributed by atoms with Crippen LogP contribution in [0.3, 0.4) is 0 Å². The molecule has 96 valence electrons. The first-order chi connectivity index (χ1) is 9.05. The number of pyridine rings is 1. The average molecular weight is 254 g/mol. The van der Waals surface area contributed by atoms with E-state index in [4.69, 9.17) is 0 Å². The van der Waals surface area contributed by atoms with Gasteiger partial charge in [0.2, 0.25) is 0 Å². The molecule has 0 aliphatic rings. The summed E-state index contributed by atoms with van der Waals surface area (Å²) in [5.41, 5.74) is 1.34. The van der Waals surface area contributed by atoms with Gasteiger partial charge >= 0.3 is 0 Å². The van der Waals surface area contributed by atoms with Crippen molar-refractivity contribution in [1.29, 1.82) is 0 Å². The van der Waals surface area contributed by atoms with Crippen LogP contribution in [0, 0.1) is 0 Å². The van der Waals surface area contributed by atoms with Gasteiger partial charge in [0.15, 0.2) is 0 Å². The summed E-state index contributed by atoms with van der Waals surface area (Å²) < 4.78 is 1.66. The number of hydrogen-bond donors (Lipinski definition) is 1. The molecule has 0 fully saturated rings. The van der Waals surface area contributed by atoms with Gasteiger partial charge in [0.1, 0.15) is 11.3 Å². The lowest BCUT2D eigenvalue weighted by atomic mass is 10.1. The van der Waals surface area contributed by atoms with Gasteiger partial charge in [0, 0.05) is 11.6 Å². The molecule has 0 spiro atoms. The van der Waals surface area contributed by atoms with Crippen molar-refractivity contribution in [3.05, 3.63) is 48.4 Å². The predicted octanol–water partition coefficient (Wildman–Crippen LogP) is 2.04. The highest BCUT2D eigenvalue weighted by atomic mass is 16.3. The monoisotopic (exact) mass is 254 g/mol. The third-order valence-electron chi connectivity index (χ3n) is 2.99. The van der Waals surface area contributed by atoms with Crippen molar-refractivity contribution in [2.75, 3.05) is 0 Å². The molecule has 0 aliphatic carbocycles. The smallest absolute Gasteiger partial charge is 0.114 e. The summed E-state index contributed by atoms with van der Waals surface area (Å²) in [6.07, 6.45) is 3.50. The Labute approximate surface area is 110 Å². The van der Waals surface area contributed by atoms with Crippen molar-refractivity contribution in [2.24, 2.45) is 0 Å². The molecule has 5 heteroatoms. The molecule has 0 bridgehead atoms. The summed E-state index contributed by atoms with van der Waals surface area (Å²) in [6, 6.07) is 9.71. The second-order valence-corrected chi connectivity index (χ2v) is 4.95. The topological polar surface area (TPSA) is 63.8 Å². The summed E-state index contributed by atoms with van der Waals surface area (Å²) in [5, 5.41) is 19.0. The quantitative estimate of drug-likeness (QED) is 0.760. The van der Waals surface area contributed by atoms with Crippen molar-refractivity contribution in [3.8, 4) is 5.69 Å². The summed E-state index contributed by atoms with van der Waals surface area (Å²) in [5.74, 6) is 0. The summed E-state index contributed by atoms with van der Waals surface area (Å²) in [4.78, 5) is 4.31. The Bertz CT molecular complexity index is 722. The Hall–Kier alpha value is -2.27. The molecule has 0 amide bonds. The Kier molecular flexibility index (Phi) is 2.57. The molecule has 0 aliphatic heterocycles. The van der Waals surface area contributed by atoms with Crippen molar-refractivity contribution in [3.63, 3.8) is 0 Å². The van der Waals surface area contributed by atoms with E-state index < -0.39 is 5.60 Å². The van der Waals surface area contributed by atoms with Crippen LogP contribution in [0.2, 0.25) is 0 Å². The molecule has 0 atom stereocenters. The fourth-order valence-corrected chi connectivity index (χ4v) is 1.95. The Morgan fingerprint density at radius 3 is 2.74 bits per heavy atom. The normalized spacial score (nSPS) is 11.9. The van der Waals surface area contributed by atoms with E-state index in [-0.39, 0.29) is 0 Å². The maximum Gasteiger partial charge on any atom is 0.114 e. The second-order valence-electron chi connectivity index (χ2n) is 4.95. The Morgan fingerprint density at radius 1 is 1.16 bits per heavy atom. The molecule has 0 unspecified atom stereocenters. The van der Waals surface area contributed by atoms with Crippen LogP contribution in [0.5, 0.6) is 0 Å².